The van der Waals surface area contributed by atoms with E-state index in [0.717, 1.165) is 16.7 Å². The van der Waals surface area contributed by atoms with Crippen molar-refractivity contribution < 1.29 is 18.0 Å². The maximum absolute atomic E-state index is 13.1. The molecule has 1 heterocycles. The van der Waals surface area contributed by atoms with E-state index in [1.54, 1.807) is 30.1 Å². The third-order valence-corrected chi connectivity index (χ3v) is 8.59. The molecule has 0 radical (unpaired) electrons. The zero-order chi connectivity index (χ0) is 25.0. The predicted octanol–water partition coefficient (Wildman–Crippen LogP) is 3.50. The lowest BCUT2D eigenvalue weighted by atomic mass is 9.97. The lowest BCUT2D eigenvalue weighted by Crippen LogP contribution is -2.43. The number of rotatable bonds is 7. The Bertz CT molecular complexity index is 1140. The lowest BCUT2D eigenvalue weighted by Gasteiger charge is -2.31. The van der Waals surface area contributed by atoms with Gasteiger partial charge in [-0.1, -0.05) is 29.8 Å². The minimum absolute atomic E-state index is 0.0341. The molecule has 0 saturated carbocycles. The van der Waals surface area contributed by atoms with Crippen molar-refractivity contribution in [2.45, 2.75) is 58.0 Å². The van der Waals surface area contributed by atoms with E-state index in [1.807, 2.05) is 52.0 Å². The molecule has 0 aromatic heterocycles. The van der Waals surface area contributed by atoms with Crippen molar-refractivity contribution in [1.29, 1.82) is 0 Å². The van der Waals surface area contributed by atoms with Crippen LogP contribution < -0.4 is 5.32 Å². The highest BCUT2D eigenvalue weighted by atomic mass is 32.2. The zero-order valence-corrected chi connectivity index (χ0v) is 21.5. The maximum Gasteiger partial charge on any atom is 0.253 e. The highest BCUT2D eigenvalue weighted by molar-refractivity contribution is 7.89. The molecule has 0 bridgehead atoms. The van der Waals surface area contributed by atoms with Crippen LogP contribution in [-0.4, -0.2) is 55.6 Å². The van der Waals surface area contributed by atoms with Gasteiger partial charge in [0.2, 0.25) is 15.9 Å². The van der Waals surface area contributed by atoms with Gasteiger partial charge in [0.1, 0.15) is 0 Å². The van der Waals surface area contributed by atoms with Gasteiger partial charge < -0.3 is 10.2 Å². The molecule has 0 unspecified atom stereocenters. The van der Waals surface area contributed by atoms with E-state index in [-0.39, 0.29) is 23.8 Å². The van der Waals surface area contributed by atoms with Gasteiger partial charge in [-0.2, -0.15) is 4.31 Å². The van der Waals surface area contributed by atoms with Crippen molar-refractivity contribution in [2.75, 3.05) is 20.1 Å². The molecule has 2 amide bonds. The van der Waals surface area contributed by atoms with Gasteiger partial charge in [-0.25, -0.2) is 8.42 Å². The largest absolute Gasteiger partial charge is 0.352 e. The van der Waals surface area contributed by atoms with Gasteiger partial charge in [-0.05, 0) is 69.9 Å². The summed E-state index contributed by atoms with van der Waals surface area (Å²) in [4.78, 5) is 27.1. The van der Waals surface area contributed by atoms with Crippen LogP contribution in [0.2, 0.25) is 0 Å². The molecule has 8 heteroatoms. The van der Waals surface area contributed by atoms with Crippen LogP contribution in [-0.2, 0) is 21.4 Å². The molecule has 1 fully saturated rings. The molecule has 2 aromatic rings. The summed E-state index contributed by atoms with van der Waals surface area (Å²) in [5.74, 6) is -0.317. The van der Waals surface area contributed by atoms with Gasteiger partial charge in [-0.15, -0.1) is 0 Å². The number of benzene rings is 2. The second-order valence-electron chi connectivity index (χ2n) is 9.37. The number of piperidine rings is 1. The van der Waals surface area contributed by atoms with Gasteiger partial charge in [-0.3, -0.25) is 9.59 Å². The third kappa shape index (κ3) is 5.85. The predicted molar refractivity (Wildman–Crippen MR) is 133 cm³/mol. The zero-order valence-electron chi connectivity index (χ0n) is 20.7. The Kier molecular flexibility index (Phi) is 8.15. The fourth-order valence-corrected chi connectivity index (χ4v) is 5.80. The van der Waals surface area contributed by atoms with E-state index in [2.05, 4.69) is 5.32 Å². The SMILES string of the molecule is Cc1ccc(S(=O)(=O)N2CCC(C(=O)NCc3ccc(C(=O)N(C)C(C)C)cc3)CC2)c(C)c1. The topological polar surface area (TPSA) is 86.8 Å². The van der Waals surface area contributed by atoms with Crippen LogP contribution in [0, 0.1) is 19.8 Å². The molecule has 7 nitrogen and oxygen atoms in total. The number of hydrogen-bond acceptors (Lipinski definition) is 4. The van der Waals surface area contributed by atoms with Crippen molar-refractivity contribution in [2.24, 2.45) is 5.92 Å². The number of sulfonamides is 1. The summed E-state index contributed by atoms with van der Waals surface area (Å²) < 4.78 is 27.6. The van der Waals surface area contributed by atoms with Gasteiger partial charge in [0.25, 0.3) is 5.91 Å². The molecule has 1 aliphatic heterocycles. The highest BCUT2D eigenvalue weighted by Gasteiger charge is 2.32. The van der Waals surface area contributed by atoms with Gasteiger partial charge in [0, 0.05) is 44.2 Å². The number of amides is 2. The molecule has 0 aliphatic carbocycles. The average Bonchev–Trinajstić information content (AvgIpc) is 2.81. The molecule has 3 rings (SSSR count). The average molecular weight is 486 g/mol. The smallest absolute Gasteiger partial charge is 0.253 e. The molecule has 1 saturated heterocycles. The van der Waals surface area contributed by atoms with Crippen LogP contribution in [0.5, 0.6) is 0 Å². The van der Waals surface area contributed by atoms with Crippen molar-refractivity contribution in [3.05, 3.63) is 64.7 Å². The van der Waals surface area contributed by atoms with E-state index < -0.39 is 10.0 Å². The van der Waals surface area contributed by atoms with E-state index in [1.165, 1.54) is 4.31 Å². The number of nitrogens with one attached hydrogen (secondary N) is 1. The van der Waals surface area contributed by atoms with E-state index >= 15 is 0 Å². The normalized spacial score (nSPS) is 15.4. The van der Waals surface area contributed by atoms with Crippen molar-refractivity contribution in [1.82, 2.24) is 14.5 Å². The van der Waals surface area contributed by atoms with Crippen molar-refractivity contribution >= 4 is 21.8 Å². The Morgan fingerprint density at radius 3 is 2.24 bits per heavy atom. The van der Waals surface area contributed by atoms with Crippen molar-refractivity contribution in [3.8, 4) is 0 Å². The molecular weight excluding hydrogens is 450 g/mol. The fraction of sp³-hybridized carbons (Fsp3) is 0.462. The summed E-state index contributed by atoms with van der Waals surface area (Å²) in [6.45, 7) is 8.70. The fourth-order valence-electron chi connectivity index (χ4n) is 4.12. The van der Waals surface area contributed by atoms with E-state index in [4.69, 9.17) is 0 Å². The van der Waals surface area contributed by atoms with E-state index in [9.17, 15) is 18.0 Å². The molecule has 184 valence electrons. The molecule has 1 aliphatic rings. The lowest BCUT2D eigenvalue weighted by molar-refractivity contribution is -0.126. The molecule has 2 aromatic carbocycles. The summed E-state index contributed by atoms with van der Waals surface area (Å²) >= 11 is 0. The Labute approximate surface area is 203 Å². The first kappa shape index (κ1) is 25.9. The molecule has 34 heavy (non-hydrogen) atoms. The number of carbonyl (C=O) groups is 2. The molecule has 0 atom stereocenters. The van der Waals surface area contributed by atoms with Gasteiger partial charge >= 0.3 is 0 Å². The van der Waals surface area contributed by atoms with Crippen LogP contribution in [0.15, 0.2) is 47.4 Å². The summed E-state index contributed by atoms with van der Waals surface area (Å²) in [5, 5.41) is 2.96. The number of aryl methyl sites for hydroxylation is 2. The summed E-state index contributed by atoms with van der Waals surface area (Å²) in [6, 6.07) is 12.7. The Hall–Kier alpha value is -2.71. The Morgan fingerprint density at radius 2 is 1.68 bits per heavy atom. The minimum Gasteiger partial charge on any atom is -0.352 e. The second kappa shape index (κ2) is 10.7. The van der Waals surface area contributed by atoms with E-state index in [0.29, 0.717) is 42.9 Å². The summed E-state index contributed by atoms with van der Waals surface area (Å²) in [5.41, 5.74) is 3.29. The maximum atomic E-state index is 13.1. The summed E-state index contributed by atoms with van der Waals surface area (Å²) in [7, 11) is -1.79. The minimum atomic E-state index is -3.57. The Balaban J connectivity index is 1.53. The second-order valence-corrected chi connectivity index (χ2v) is 11.3. The highest BCUT2D eigenvalue weighted by Crippen LogP contribution is 2.26. The van der Waals surface area contributed by atoms with Crippen LogP contribution in [0.4, 0.5) is 0 Å². The van der Waals surface area contributed by atoms with Crippen molar-refractivity contribution in [3.63, 3.8) is 0 Å². The molecule has 1 N–H and O–H groups in total. The Morgan fingerprint density at radius 1 is 1.06 bits per heavy atom. The van der Waals surface area contributed by atoms with Gasteiger partial charge in [0.05, 0.1) is 4.90 Å². The van der Waals surface area contributed by atoms with Crippen LogP contribution in [0.1, 0.15) is 53.7 Å². The quantitative estimate of drug-likeness (QED) is 0.650. The third-order valence-electron chi connectivity index (χ3n) is 6.54. The number of hydrogen-bond donors (Lipinski definition) is 1. The first-order chi connectivity index (χ1) is 16.0. The monoisotopic (exact) mass is 485 g/mol. The standard InChI is InChI=1S/C26H35N3O4S/c1-18(2)28(5)26(31)23-9-7-21(8-10-23)17-27-25(30)22-12-14-29(15-13-22)34(32,33)24-11-6-19(3)16-20(24)4/h6-11,16,18,22H,12-15,17H2,1-5H3,(H,27,30). The summed E-state index contributed by atoms with van der Waals surface area (Å²) in [6.07, 6.45) is 0.982. The first-order valence-electron chi connectivity index (χ1n) is 11.7. The van der Waals surface area contributed by atoms with Crippen LogP contribution in [0.3, 0.4) is 0 Å². The number of nitrogens with zero attached hydrogens (tertiary/aromatic N) is 2. The number of carbonyl (C=O) groups excluding carboxylic acids is 2. The first-order valence-corrected chi connectivity index (χ1v) is 13.2. The van der Waals surface area contributed by atoms with Gasteiger partial charge in [0.15, 0.2) is 0 Å². The van der Waals surface area contributed by atoms with Crippen LogP contribution >= 0.6 is 0 Å². The molecular formula is C26H35N3O4S. The van der Waals surface area contributed by atoms with Crippen LogP contribution in [0.25, 0.3) is 0 Å². The molecule has 0 spiro atoms.